The van der Waals surface area contributed by atoms with Crippen LogP contribution in [0.4, 0.5) is 18.0 Å². The van der Waals surface area contributed by atoms with E-state index in [0.29, 0.717) is 50.1 Å². The van der Waals surface area contributed by atoms with Crippen molar-refractivity contribution < 1.29 is 42.1 Å². The molecule has 0 aliphatic carbocycles. The Balaban J connectivity index is 0.000000633. The molecule has 1 heterocycles. The third-order valence-electron chi connectivity index (χ3n) is 4.46. The second-order valence-electron chi connectivity index (χ2n) is 6.67. The lowest BCUT2D eigenvalue weighted by atomic mass is 10.1. The Kier molecular flexibility index (Phi) is 11.3. The first-order valence-electron chi connectivity index (χ1n) is 9.96. The first kappa shape index (κ1) is 27.0. The van der Waals surface area contributed by atoms with Crippen molar-refractivity contribution in [1.82, 2.24) is 15.5 Å². The molecule has 0 unspecified atom stereocenters. The predicted octanol–water partition coefficient (Wildman–Crippen LogP) is 2.27. The standard InChI is InChI=1S/C18H27N3O4.C2HF3O2/c1-3-25-18(23)21-12-8-14(9-13-21)19-10-11-20-17(22)15-6-4-5-7-16(15)24-2;3-2(4,5)1(6)7/h4-7,14,19H,3,8-13H2,1-2H3,(H,20,22);(H,6,7). The van der Waals surface area contributed by atoms with Gasteiger partial charge in [0.1, 0.15) is 5.75 Å². The first-order valence-corrected chi connectivity index (χ1v) is 9.96. The number of ether oxygens (including phenoxy) is 2. The lowest BCUT2D eigenvalue weighted by Crippen LogP contribution is -2.46. The molecule has 2 rings (SSSR count). The molecule has 1 aromatic rings. The number of likely N-dealkylation sites (tertiary alicyclic amines) is 1. The molecule has 1 aliphatic rings. The molecule has 1 aromatic carbocycles. The minimum absolute atomic E-state index is 0.142. The quantitative estimate of drug-likeness (QED) is 0.531. The predicted molar refractivity (Wildman–Crippen MR) is 109 cm³/mol. The van der Waals surface area contributed by atoms with E-state index in [4.69, 9.17) is 19.4 Å². The number of nitrogens with zero attached hydrogens (tertiary/aromatic N) is 1. The van der Waals surface area contributed by atoms with Crippen molar-refractivity contribution in [3.8, 4) is 5.75 Å². The van der Waals surface area contributed by atoms with E-state index in [2.05, 4.69) is 10.6 Å². The summed E-state index contributed by atoms with van der Waals surface area (Å²) in [4.78, 5) is 34.5. The van der Waals surface area contributed by atoms with Gasteiger partial charge in [0, 0.05) is 32.2 Å². The van der Waals surface area contributed by atoms with Crippen molar-refractivity contribution in [2.24, 2.45) is 0 Å². The molecule has 9 nitrogen and oxygen atoms in total. The second-order valence-corrected chi connectivity index (χ2v) is 6.67. The van der Waals surface area contributed by atoms with E-state index in [-0.39, 0.29) is 12.0 Å². The number of benzene rings is 1. The number of aliphatic carboxylic acids is 1. The van der Waals surface area contributed by atoms with Crippen molar-refractivity contribution in [2.45, 2.75) is 32.0 Å². The zero-order valence-corrected chi connectivity index (χ0v) is 17.9. The van der Waals surface area contributed by atoms with Crippen LogP contribution in [0.5, 0.6) is 5.75 Å². The SMILES string of the molecule is CCOC(=O)N1CCC(NCCNC(=O)c2ccccc2OC)CC1.O=C(O)C(F)(F)F. The van der Waals surface area contributed by atoms with Crippen molar-refractivity contribution >= 4 is 18.0 Å². The number of nitrogens with one attached hydrogen (secondary N) is 2. The van der Waals surface area contributed by atoms with E-state index in [9.17, 15) is 22.8 Å². The van der Waals surface area contributed by atoms with Crippen LogP contribution in [0.2, 0.25) is 0 Å². The third-order valence-corrected chi connectivity index (χ3v) is 4.46. The highest BCUT2D eigenvalue weighted by atomic mass is 19.4. The summed E-state index contributed by atoms with van der Waals surface area (Å²) in [5.41, 5.74) is 0.535. The summed E-state index contributed by atoms with van der Waals surface area (Å²) in [6.07, 6.45) is -3.54. The van der Waals surface area contributed by atoms with E-state index in [0.717, 1.165) is 12.8 Å². The minimum atomic E-state index is -5.08. The Morgan fingerprint density at radius 1 is 1.16 bits per heavy atom. The molecule has 0 radical (unpaired) electrons. The van der Waals surface area contributed by atoms with Crippen LogP contribution in [0.25, 0.3) is 0 Å². The van der Waals surface area contributed by atoms with Crippen LogP contribution in [-0.4, -0.2) is 80.1 Å². The van der Waals surface area contributed by atoms with Crippen LogP contribution in [0.3, 0.4) is 0 Å². The molecule has 1 aliphatic heterocycles. The maximum absolute atomic E-state index is 12.2. The Morgan fingerprint density at radius 3 is 2.28 bits per heavy atom. The van der Waals surface area contributed by atoms with Crippen LogP contribution < -0.4 is 15.4 Å². The number of carboxylic acid groups (broad SMARTS) is 1. The van der Waals surface area contributed by atoms with Gasteiger partial charge >= 0.3 is 18.2 Å². The Hall–Kier alpha value is -3.02. The van der Waals surface area contributed by atoms with Gasteiger partial charge in [0.2, 0.25) is 0 Å². The largest absolute Gasteiger partial charge is 0.496 e. The molecule has 0 saturated carbocycles. The number of hydrogen-bond donors (Lipinski definition) is 3. The number of alkyl halides is 3. The smallest absolute Gasteiger partial charge is 0.490 e. The number of piperidine rings is 1. The van der Waals surface area contributed by atoms with E-state index in [1.54, 1.807) is 24.1 Å². The third kappa shape index (κ3) is 9.41. The highest BCUT2D eigenvalue weighted by Crippen LogP contribution is 2.16. The molecule has 0 spiro atoms. The lowest BCUT2D eigenvalue weighted by Gasteiger charge is -2.31. The number of amides is 2. The topological polar surface area (TPSA) is 117 Å². The maximum atomic E-state index is 12.2. The van der Waals surface area contributed by atoms with Gasteiger partial charge in [0.05, 0.1) is 19.3 Å². The molecule has 1 saturated heterocycles. The fourth-order valence-corrected chi connectivity index (χ4v) is 2.86. The van der Waals surface area contributed by atoms with Gasteiger partial charge in [-0.05, 0) is 31.9 Å². The number of carboxylic acids is 1. The zero-order chi connectivity index (χ0) is 24.1. The van der Waals surface area contributed by atoms with Crippen molar-refractivity contribution in [3.05, 3.63) is 29.8 Å². The van der Waals surface area contributed by atoms with E-state index >= 15 is 0 Å². The van der Waals surface area contributed by atoms with Crippen LogP contribution >= 0.6 is 0 Å². The normalized spacial score (nSPS) is 14.1. The summed E-state index contributed by atoms with van der Waals surface area (Å²) in [5, 5.41) is 13.4. The molecule has 0 bridgehead atoms. The average Bonchev–Trinajstić information content (AvgIpc) is 2.77. The number of rotatable bonds is 7. The Labute approximate surface area is 183 Å². The van der Waals surface area contributed by atoms with Crippen LogP contribution in [0.15, 0.2) is 24.3 Å². The minimum Gasteiger partial charge on any atom is -0.496 e. The fraction of sp³-hybridized carbons (Fsp3) is 0.550. The van der Waals surface area contributed by atoms with E-state index in [1.165, 1.54) is 0 Å². The average molecular weight is 463 g/mol. The zero-order valence-electron chi connectivity index (χ0n) is 17.9. The summed E-state index contributed by atoms with van der Waals surface area (Å²) in [5.74, 6) is -2.33. The van der Waals surface area contributed by atoms with Crippen LogP contribution in [0, 0.1) is 0 Å². The molecule has 3 N–H and O–H groups in total. The van der Waals surface area contributed by atoms with Crippen molar-refractivity contribution in [3.63, 3.8) is 0 Å². The highest BCUT2D eigenvalue weighted by molar-refractivity contribution is 5.96. The van der Waals surface area contributed by atoms with Gasteiger partial charge in [-0.1, -0.05) is 12.1 Å². The van der Waals surface area contributed by atoms with E-state index < -0.39 is 12.1 Å². The molecular weight excluding hydrogens is 435 g/mol. The Bertz CT molecular complexity index is 752. The van der Waals surface area contributed by atoms with Crippen molar-refractivity contribution in [1.29, 1.82) is 0 Å². The van der Waals surface area contributed by atoms with Gasteiger partial charge in [0.15, 0.2) is 0 Å². The van der Waals surface area contributed by atoms with Gasteiger partial charge in [0.25, 0.3) is 5.91 Å². The summed E-state index contributed by atoms with van der Waals surface area (Å²) in [6.45, 7) is 4.84. The van der Waals surface area contributed by atoms with Gasteiger partial charge < -0.3 is 30.1 Å². The Morgan fingerprint density at radius 2 is 1.75 bits per heavy atom. The molecule has 0 atom stereocenters. The first-order chi connectivity index (χ1) is 15.1. The van der Waals surface area contributed by atoms with Crippen molar-refractivity contribution in [2.75, 3.05) is 39.9 Å². The number of hydrogen-bond acceptors (Lipinski definition) is 6. The monoisotopic (exact) mass is 463 g/mol. The molecule has 0 aromatic heterocycles. The molecule has 2 amide bonds. The summed E-state index contributed by atoms with van der Waals surface area (Å²) in [7, 11) is 1.55. The number of para-hydroxylation sites is 1. The summed E-state index contributed by atoms with van der Waals surface area (Å²) in [6, 6.07) is 7.51. The van der Waals surface area contributed by atoms with Crippen LogP contribution in [0.1, 0.15) is 30.1 Å². The fourth-order valence-electron chi connectivity index (χ4n) is 2.86. The van der Waals surface area contributed by atoms with Gasteiger partial charge in [-0.2, -0.15) is 13.2 Å². The molecule has 12 heteroatoms. The van der Waals surface area contributed by atoms with Crippen LogP contribution in [-0.2, 0) is 9.53 Å². The number of carbonyl (C=O) groups is 3. The number of halogens is 3. The van der Waals surface area contributed by atoms with Gasteiger partial charge in [-0.3, -0.25) is 4.79 Å². The second kappa shape index (κ2) is 13.4. The van der Waals surface area contributed by atoms with E-state index in [1.807, 2.05) is 19.1 Å². The van der Waals surface area contributed by atoms with Gasteiger partial charge in [-0.25, -0.2) is 9.59 Å². The lowest BCUT2D eigenvalue weighted by molar-refractivity contribution is -0.192. The van der Waals surface area contributed by atoms with Gasteiger partial charge in [-0.15, -0.1) is 0 Å². The molecular formula is C20H28F3N3O6. The highest BCUT2D eigenvalue weighted by Gasteiger charge is 2.38. The summed E-state index contributed by atoms with van der Waals surface area (Å²) >= 11 is 0. The number of methoxy groups -OCH3 is 1. The summed E-state index contributed by atoms with van der Waals surface area (Å²) < 4.78 is 41.9. The molecule has 32 heavy (non-hydrogen) atoms. The maximum Gasteiger partial charge on any atom is 0.490 e. The molecule has 180 valence electrons. The molecule has 1 fully saturated rings. The number of carbonyl (C=O) groups excluding carboxylic acids is 2.